The Morgan fingerprint density at radius 2 is 1.93 bits per heavy atom. The Morgan fingerprint density at radius 1 is 1.14 bits per heavy atom. The van der Waals surface area contributed by atoms with E-state index in [0.29, 0.717) is 0 Å². The van der Waals surface area contributed by atoms with Crippen LogP contribution in [0, 0.1) is 0 Å². The van der Waals surface area contributed by atoms with E-state index in [4.69, 9.17) is 0 Å². The van der Waals surface area contributed by atoms with Crippen LogP contribution in [0.25, 0.3) is 0 Å². The van der Waals surface area contributed by atoms with Gasteiger partial charge < -0.3 is 5.32 Å². The van der Waals surface area contributed by atoms with Gasteiger partial charge in [-0.1, -0.05) is 13.3 Å². The molecule has 2 atom stereocenters. The van der Waals surface area contributed by atoms with E-state index in [0.717, 1.165) is 12.1 Å². The SMILES string of the molecule is CCCNC1CCCC1N1CCCC1. The summed E-state index contributed by atoms with van der Waals surface area (Å²) >= 11 is 0. The molecule has 0 aromatic carbocycles. The van der Waals surface area contributed by atoms with E-state index in [-0.39, 0.29) is 0 Å². The molecule has 2 nitrogen and oxygen atoms in total. The Balaban J connectivity index is 1.82. The first-order valence-electron chi connectivity index (χ1n) is 6.39. The van der Waals surface area contributed by atoms with Gasteiger partial charge in [0.1, 0.15) is 0 Å². The molecule has 0 radical (unpaired) electrons. The van der Waals surface area contributed by atoms with Gasteiger partial charge in [-0.2, -0.15) is 0 Å². The lowest BCUT2D eigenvalue weighted by Gasteiger charge is -2.29. The van der Waals surface area contributed by atoms with Crippen LogP contribution >= 0.6 is 0 Å². The maximum Gasteiger partial charge on any atom is 0.0249 e. The van der Waals surface area contributed by atoms with Gasteiger partial charge in [-0.15, -0.1) is 0 Å². The monoisotopic (exact) mass is 196 g/mol. The Kier molecular flexibility index (Phi) is 3.82. The summed E-state index contributed by atoms with van der Waals surface area (Å²) in [6.45, 7) is 6.17. The maximum atomic E-state index is 3.72. The largest absolute Gasteiger partial charge is 0.312 e. The third-order valence-corrected chi connectivity index (χ3v) is 3.75. The number of nitrogens with zero attached hydrogens (tertiary/aromatic N) is 1. The highest BCUT2D eigenvalue weighted by Crippen LogP contribution is 2.26. The Bertz CT molecular complexity index is 164. The second-order valence-electron chi connectivity index (χ2n) is 4.80. The van der Waals surface area contributed by atoms with Crippen molar-refractivity contribution in [2.24, 2.45) is 0 Å². The first kappa shape index (κ1) is 10.4. The molecule has 0 bridgehead atoms. The quantitative estimate of drug-likeness (QED) is 0.740. The molecule has 1 saturated carbocycles. The van der Waals surface area contributed by atoms with Crippen molar-refractivity contribution >= 4 is 0 Å². The van der Waals surface area contributed by atoms with Gasteiger partial charge in [0.2, 0.25) is 0 Å². The molecule has 0 spiro atoms. The number of rotatable bonds is 4. The molecule has 0 aromatic rings. The second-order valence-corrected chi connectivity index (χ2v) is 4.80. The van der Waals surface area contributed by atoms with Crippen molar-refractivity contribution in [2.75, 3.05) is 19.6 Å². The molecule has 1 saturated heterocycles. The minimum absolute atomic E-state index is 0.799. The van der Waals surface area contributed by atoms with Gasteiger partial charge in [-0.05, 0) is 51.7 Å². The molecule has 2 heteroatoms. The molecule has 1 N–H and O–H groups in total. The average molecular weight is 196 g/mol. The minimum Gasteiger partial charge on any atom is -0.312 e. The number of nitrogens with one attached hydrogen (secondary N) is 1. The third-order valence-electron chi connectivity index (χ3n) is 3.75. The molecule has 1 aliphatic heterocycles. The van der Waals surface area contributed by atoms with Gasteiger partial charge in [0.05, 0.1) is 0 Å². The van der Waals surface area contributed by atoms with Crippen LogP contribution in [0.1, 0.15) is 45.4 Å². The van der Waals surface area contributed by atoms with Crippen molar-refractivity contribution in [1.29, 1.82) is 0 Å². The number of likely N-dealkylation sites (tertiary alicyclic amines) is 1. The van der Waals surface area contributed by atoms with Gasteiger partial charge >= 0.3 is 0 Å². The molecular weight excluding hydrogens is 172 g/mol. The highest BCUT2D eigenvalue weighted by Gasteiger charge is 2.32. The number of hydrogen-bond acceptors (Lipinski definition) is 2. The first-order chi connectivity index (χ1) is 6.92. The molecule has 0 amide bonds. The summed E-state index contributed by atoms with van der Waals surface area (Å²) in [7, 11) is 0. The standard InChI is InChI=1S/C12H24N2/c1-2-8-13-11-6-5-7-12(11)14-9-3-4-10-14/h11-13H,2-10H2,1H3. The van der Waals surface area contributed by atoms with Crippen molar-refractivity contribution < 1.29 is 0 Å². The summed E-state index contributed by atoms with van der Waals surface area (Å²) in [5, 5.41) is 3.72. The van der Waals surface area contributed by atoms with Gasteiger partial charge in [0.25, 0.3) is 0 Å². The highest BCUT2D eigenvalue weighted by molar-refractivity contribution is 4.91. The first-order valence-corrected chi connectivity index (χ1v) is 6.39. The second kappa shape index (κ2) is 5.13. The van der Waals surface area contributed by atoms with Gasteiger partial charge in [0, 0.05) is 12.1 Å². The Hall–Kier alpha value is -0.0800. The van der Waals surface area contributed by atoms with Crippen LogP contribution in [0.5, 0.6) is 0 Å². The maximum absolute atomic E-state index is 3.72. The van der Waals surface area contributed by atoms with Crippen LogP contribution in [0.3, 0.4) is 0 Å². The summed E-state index contributed by atoms with van der Waals surface area (Å²) in [5.74, 6) is 0. The predicted molar refractivity (Wildman–Crippen MR) is 60.5 cm³/mol. The van der Waals surface area contributed by atoms with E-state index in [2.05, 4.69) is 17.1 Å². The molecule has 2 aliphatic rings. The zero-order chi connectivity index (χ0) is 9.80. The molecule has 2 rings (SSSR count). The molecule has 1 heterocycles. The van der Waals surface area contributed by atoms with Gasteiger partial charge in [-0.3, -0.25) is 4.90 Å². The van der Waals surface area contributed by atoms with E-state index in [1.165, 1.54) is 58.2 Å². The van der Waals surface area contributed by atoms with Crippen LogP contribution in [-0.4, -0.2) is 36.6 Å². The van der Waals surface area contributed by atoms with Crippen molar-refractivity contribution in [1.82, 2.24) is 10.2 Å². The Labute approximate surface area is 88.1 Å². The van der Waals surface area contributed by atoms with Crippen LogP contribution in [0.4, 0.5) is 0 Å². The lowest BCUT2D eigenvalue weighted by Crippen LogP contribution is -2.45. The van der Waals surface area contributed by atoms with E-state index in [9.17, 15) is 0 Å². The zero-order valence-corrected chi connectivity index (χ0v) is 9.47. The van der Waals surface area contributed by atoms with Crippen molar-refractivity contribution in [3.05, 3.63) is 0 Å². The van der Waals surface area contributed by atoms with Crippen molar-refractivity contribution in [3.63, 3.8) is 0 Å². The molecule has 82 valence electrons. The third kappa shape index (κ3) is 2.29. The highest BCUT2D eigenvalue weighted by atomic mass is 15.2. The molecular formula is C12H24N2. The smallest absolute Gasteiger partial charge is 0.0249 e. The normalized spacial score (nSPS) is 34.1. The summed E-state index contributed by atoms with van der Waals surface area (Å²) in [6.07, 6.45) is 8.39. The summed E-state index contributed by atoms with van der Waals surface area (Å²) in [4.78, 5) is 2.72. The summed E-state index contributed by atoms with van der Waals surface area (Å²) in [6, 6.07) is 1.66. The van der Waals surface area contributed by atoms with Crippen LogP contribution in [0.15, 0.2) is 0 Å². The van der Waals surface area contributed by atoms with Gasteiger partial charge in [-0.25, -0.2) is 0 Å². The predicted octanol–water partition coefficient (Wildman–Crippen LogP) is 2.00. The molecule has 14 heavy (non-hydrogen) atoms. The lowest BCUT2D eigenvalue weighted by molar-refractivity contribution is 0.211. The van der Waals surface area contributed by atoms with E-state index >= 15 is 0 Å². The van der Waals surface area contributed by atoms with Crippen LogP contribution in [-0.2, 0) is 0 Å². The molecule has 0 aromatic heterocycles. The zero-order valence-electron chi connectivity index (χ0n) is 9.47. The summed E-state index contributed by atoms with van der Waals surface area (Å²) < 4.78 is 0. The topological polar surface area (TPSA) is 15.3 Å². The van der Waals surface area contributed by atoms with E-state index < -0.39 is 0 Å². The molecule has 1 aliphatic carbocycles. The van der Waals surface area contributed by atoms with E-state index in [1.807, 2.05) is 0 Å². The van der Waals surface area contributed by atoms with Crippen molar-refractivity contribution in [2.45, 2.75) is 57.5 Å². The summed E-state index contributed by atoms with van der Waals surface area (Å²) in [5.41, 5.74) is 0. The Morgan fingerprint density at radius 3 is 2.64 bits per heavy atom. The molecule has 2 fully saturated rings. The lowest BCUT2D eigenvalue weighted by atomic mass is 10.1. The fourth-order valence-corrected chi connectivity index (χ4v) is 3.02. The fraction of sp³-hybridized carbons (Fsp3) is 1.00. The van der Waals surface area contributed by atoms with E-state index in [1.54, 1.807) is 0 Å². The molecule has 2 unspecified atom stereocenters. The van der Waals surface area contributed by atoms with Crippen LogP contribution < -0.4 is 5.32 Å². The van der Waals surface area contributed by atoms with Gasteiger partial charge in [0.15, 0.2) is 0 Å². The van der Waals surface area contributed by atoms with Crippen molar-refractivity contribution in [3.8, 4) is 0 Å². The van der Waals surface area contributed by atoms with Crippen LogP contribution in [0.2, 0.25) is 0 Å². The number of hydrogen-bond donors (Lipinski definition) is 1. The average Bonchev–Trinajstić information content (AvgIpc) is 2.84. The minimum atomic E-state index is 0.799. The fourth-order valence-electron chi connectivity index (χ4n) is 3.02.